The van der Waals surface area contributed by atoms with Crippen LogP contribution in [0.1, 0.15) is 54.4 Å². The Hall–Kier alpha value is -2.51. The largest absolute Gasteiger partial charge is 0.444 e. The van der Waals surface area contributed by atoms with Crippen LogP contribution in [-0.2, 0) is 9.47 Å². The van der Waals surface area contributed by atoms with Gasteiger partial charge in [-0.2, -0.15) is 0 Å². The molecule has 1 aromatic heterocycles. The van der Waals surface area contributed by atoms with Gasteiger partial charge in [-0.05, 0) is 66.5 Å². The Morgan fingerprint density at radius 1 is 1.07 bits per heavy atom. The summed E-state index contributed by atoms with van der Waals surface area (Å²) in [4.78, 5) is 30.6. The van der Waals surface area contributed by atoms with E-state index in [1.165, 1.54) is 0 Å². The molecule has 2 N–H and O–H groups in total. The summed E-state index contributed by atoms with van der Waals surface area (Å²) in [6.45, 7) is 12.4. The van der Waals surface area contributed by atoms with Crippen LogP contribution in [0, 0.1) is 0 Å². The number of pyridine rings is 1. The summed E-state index contributed by atoms with van der Waals surface area (Å²) in [7, 11) is 0. The van der Waals surface area contributed by atoms with Crippen molar-refractivity contribution in [2.75, 3.05) is 23.3 Å². The molecule has 2 heterocycles. The summed E-state index contributed by atoms with van der Waals surface area (Å²) in [6.07, 6.45) is 0.852. The predicted octanol–water partition coefficient (Wildman–Crippen LogP) is 3.92. The molecule has 0 spiro atoms. The van der Waals surface area contributed by atoms with Gasteiger partial charge in [-0.3, -0.25) is 5.32 Å². The fourth-order valence-electron chi connectivity index (χ4n) is 2.85. The first-order valence-corrected chi connectivity index (χ1v) is 9.63. The van der Waals surface area contributed by atoms with Crippen LogP contribution in [0.2, 0.25) is 0 Å². The van der Waals surface area contributed by atoms with E-state index in [2.05, 4.69) is 20.5 Å². The first kappa shape index (κ1) is 21.8. The molecule has 0 unspecified atom stereocenters. The van der Waals surface area contributed by atoms with Crippen molar-refractivity contribution in [3.05, 3.63) is 18.2 Å². The van der Waals surface area contributed by atoms with Crippen molar-refractivity contribution >= 4 is 23.8 Å². The molecule has 8 heteroatoms. The van der Waals surface area contributed by atoms with E-state index in [-0.39, 0.29) is 6.04 Å². The summed E-state index contributed by atoms with van der Waals surface area (Å²) < 4.78 is 10.6. The fraction of sp³-hybridized carbons (Fsp3) is 0.650. The van der Waals surface area contributed by atoms with Gasteiger partial charge in [0.1, 0.15) is 22.8 Å². The Labute approximate surface area is 167 Å². The van der Waals surface area contributed by atoms with Crippen LogP contribution in [0.4, 0.5) is 21.2 Å². The van der Waals surface area contributed by atoms with E-state index in [1.54, 1.807) is 6.07 Å². The third kappa shape index (κ3) is 7.62. The van der Waals surface area contributed by atoms with Crippen molar-refractivity contribution < 1.29 is 19.1 Å². The fourth-order valence-corrected chi connectivity index (χ4v) is 2.85. The molecule has 2 rings (SSSR count). The molecule has 1 fully saturated rings. The topological polar surface area (TPSA) is 92.8 Å². The van der Waals surface area contributed by atoms with Gasteiger partial charge in [-0.1, -0.05) is 6.07 Å². The second-order valence-electron chi connectivity index (χ2n) is 8.94. The normalized spacial score (nSPS) is 17.6. The van der Waals surface area contributed by atoms with Gasteiger partial charge < -0.3 is 19.7 Å². The minimum absolute atomic E-state index is 0.0205. The number of carbonyl (C=O) groups excluding carboxylic acids is 2. The van der Waals surface area contributed by atoms with Gasteiger partial charge >= 0.3 is 12.2 Å². The van der Waals surface area contributed by atoms with E-state index in [4.69, 9.17) is 9.47 Å². The Balaban J connectivity index is 1.97. The van der Waals surface area contributed by atoms with Crippen LogP contribution in [0.15, 0.2) is 18.2 Å². The quantitative estimate of drug-likeness (QED) is 0.810. The standard InChI is InChI=1S/C20H32N4O4/c1-19(2,3)27-17(25)21-14-9-8-12-24(13-14)16-11-7-10-15(22-16)23-18(26)28-20(4,5)6/h7,10-11,14H,8-9,12-13H2,1-6H3,(H,21,25)(H,22,23,26)/t14-/m0/s1. The molecule has 0 aromatic carbocycles. The average Bonchev–Trinajstić information content (AvgIpc) is 2.51. The summed E-state index contributed by atoms with van der Waals surface area (Å²) in [5.74, 6) is 1.17. The van der Waals surface area contributed by atoms with E-state index in [0.29, 0.717) is 12.4 Å². The van der Waals surface area contributed by atoms with Crippen molar-refractivity contribution in [3.63, 3.8) is 0 Å². The predicted molar refractivity (Wildman–Crippen MR) is 109 cm³/mol. The second kappa shape index (κ2) is 8.67. The first-order chi connectivity index (χ1) is 12.9. The monoisotopic (exact) mass is 392 g/mol. The van der Waals surface area contributed by atoms with Gasteiger partial charge in [0.2, 0.25) is 0 Å². The van der Waals surface area contributed by atoms with Gasteiger partial charge in [0, 0.05) is 19.1 Å². The van der Waals surface area contributed by atoms with Crippen LogP contribution in [0.5, 0.6) is 0 Å². The van der Waals surface area contributed by atoms with E-state index in [9.17, 15) is 9.59 Å². The molecule has 1 atom stereocenters. The lowest BCUT2D eigenvalue weighted by Crippen LogP contribution is -2.49. The van der Waals surface area contributed by atoms with Crippen molar-refractivity contribution in [2.45, 2.75) is 71.6 Å². The number of nitrogens with one attached hydrogen (secondary N) is 2. The molecule has 156 valence electrons. The van der Waals surface area contributed by atoms with Crippen LogP contribution < -0.4 is 15.5 Å². The maximum atomic E-state index is 12.0. The maximum Gasteiger partial charge on any atom is 0.413 e. The summed E-state index contributed by atoms with van der Waals surface area (Å²) in [6, 6.07) is 5.41. The highest BCUT2D eigenvalue weighted by atomic mass is 16.6. The van der Waals surface area contributed by atoms with E-state index in [0.717, 1.165) is 25.2 Å². The highest BCUT2D eigenvalue weighted by Crippen LogP contribution is 2.20. The van der Waals surface area contributed by atoms with Crippen molar-refractivity contribution in [2.24, 2.45) is 0 Å². The summed E-state index contributed by atoms with van der Waals surface area (Å²) >= 11 is 0. The minimum Gasteiger partial charge on any atom is -0.444 e. The minimum atomic E-state index is -0.574. The van der Waals surface area contributed by atoms with Crippen molar-refractivity contribution in [1.29, 1.82) is 0 Å². The molecule has 0 bridgehead atoms. The zero-order valence-corrected chi connectivity index (χ0v) is 17.7. The number of carbonyl (C=O) groups is 2. The lowest BCUT2D eigenvalue weighted by atomic mass is 10.1. The summed E-state index contributed by atoms with van der Waals surface area (Å²) in [5.41, 5.74) is -1.10. The Morgan fingerprint density at radius 3 is 2.36 bits per heavy atom. The molecular formula is C20H32N4O4. The van der Waals surface area contributed by atoms with Crippen LogP contribution in [0.25, 0.3) is 0 Å². The number of alkyl carbamates (subject to hydrolysis) is 1. The molecule has 0 aliphatic carbocycles. The highest BCUT2D eigenvalue weighted by molar-refractivity contribution is 5.83. The van der Waals surface area contributed by atoms with Crippen LogP contribution in [-0.4, -0.2) is 47.5 Å². The number of anilines is 2. The number of hydrogen-bond donors (Lipinski definition) is 2. The van der Waals surface area contributed by atoms with E-state index >= 15 is 0 Å². The zero-order chi connectivity index (χ0) is 20.9. The molecule has 1 saturated heterocycles. The van der Waals surface area contributed by atoms with E-state index in [1.807, 2.05) is 53.7 Å². The number of hydrogen-bond acceptors (Lipinski definition) is 6. The third-order valence-electron chi connectivity index (χ3n) is 3.83. The highest BCUT2D eigenvalue weighted by Gasteiger charge is 2.25. The summed E-state index contributed by atoms with van der Waals surface area (Å²) in [5, 5.41) is 5.59. The molecule has 1 aromatic rings. The Morgan fingerprint density at radius 2 is 1.71 bits per heavy atom. The third-order valence-corrected chi connectivity index (χ3v) is 3.83. The van der Waals surface area contributed by atoms with Gasteiger partial charge in [0.15, 0.2) is 0 Å². The molecule has 28 heavy (non-hydrogen) atoms. The van der Waals surface area contributed by atoms with Gasteiger partial charge in [-0.15, -0.1) is 0 Å². The molecule has 8 nitrogen and oxygen atoms in total. The van der Waals surface area contributed by atoms with Crippen LogP contribution >= 0.6 is 0 Å². The lowest BCUT2D eigenvalue weighted by Gasteiger charge is -2.34. The number of nitrogens with zero attached hydrogens (tertiary/aromatic N) is 2. The number of piperidine rings is 1. The number of aromatic nitrogens is 1. The van der Waals surface area contributed by atoms with Gasteiger partial charge in [-0.25, -0.2) is 14.6 Å². The number of amides is 2. The molecule has 0 radical (unpaired) electrons. The number of rotatable bonds is 3. The Bertz CT molecular complexity index is 694. The molecular weight excluding hydrogens is 360 g/mol. The number of ether oxygens (including phenoxy) is 2. The van der Waals surface area contributed by atoms with Gasteiger partial charge in [0.05, 0.1) is 0 Å². The van der Waals surface area contributed by atoms with E-state index < -0.39 is 23.4 Å². The molecule has 2 amide bonds. The Kier molecular flexibility index (Phi) is 6.74. The van der Waals surface area contributed by atoms with Crippen LogP contribution in [0.3, 0.4) is 0 Å². The SMILES string of the molecule is CC(C)(C)OC(=O)Nc1cccc(N2CCC[C@H](NC(=O)OC(C)(C)C)C2)n1. The smallest absolute Gasteiger partial charge is 0.413 e. The molecule has 0 saturated carbocycles. The van der Waals surface area contributed by atoms with Crippen molar-refractivity contribution in [1.82, 2.24) is 10.3 Å². The first-order valence-electron chi connectivity index (χ1n) is 9.63. The molecule has 1 aliphatic heterocycles. The zero-order valence-electron chi connectivity index (χ0n) is 17.7. The van der Waals surface area contributed by atoms with Gasteiger partial charge in [0.25, 0.3) is 0 Å². The lowest BCUT2D eigenvalue weighted by molar-refractivity contribution is 0.0499. The average molecular weight is 393 g/mol. The molecule has 1 aliphatic rings. The second-order valence-corrected chi connectivity index (χ2v) is 8.94. The van der Waals surface area contributed by atoms with Crippen molar-refractivity contribution in [3.8, 4) is 0 Å². The maximum absolute atomic E-state index is 12.0.